The van der Waals surface area contributed by atoms with Crippen LogP contribution in [0.2, 0.25) is 0 Å². The molecule has 0 bridgehead atoms. The molecular formula is C23H16IN3O3. The summed E-state index contributed by atoms with van der Waals surface area (Å²) in [6, 6.07) is 22.0. The maximum absolute atomic E-state index is 13.1. The van der Waals surface area contributed by atoms with Gasteiger partial charge < -0.3 is 4.74 Å². The zero-order valence-electron chi connectivity index (χ0n) is 15.9. The summed E-state index contributed by atoms with van der Waals surface area (Å²) in [5.74, 6) is 0.562. The number of halogens is 1. The van der Waals surface area contributed by atoms with Gasteiger partial charge in [0.25, 0.3) is 5.56 Å². The standard InChI is InChI=1S/C23H16IN3O3/c1-15(28)30-21-12-11-16(13-19(21)24)14-25-27-22(17-7-3-2-4-8-17)26-20-10-6-5-9-18(20)23(27)29/h2-14H,1H3. The summed E-state index contributed by atoms with van der Waals surface area (Å²) >= 11 is 2.09. The van der Waals surface area contributed by atoms with Gasteiger partial charge in [-0.3, -0.25) is 9.59 Å². The summed E-state index contributed by atoms with van der Waals surface area (Å²) in [7, 11) is 0. The smallest absolute Gasteiger partial charge is 0.308 e. The number of rotatable bonds is 4. The number of ether oxygens (including phenoxy) is 1. The van der Waals surface area contributed by atoms with Gasteiger partial charge in [-0.15, -0.1) is 0 Å². The first-order valence-electron chi connectivity index (χ1n) is 9.12. The minimum atomic E-state index is -0.379. The summed E-state index contributed by atoms with van der Waals surface area (Å²) in [4.78, 5) is 29.0. The molecule has 4 aromatic rings. The van der Waals surface area contributed by atoms with Crippen molar-refractivity contribution in [3.8, 4) is 17.1 Å². The van der Waals surface area contributed by atoms with Crippen LogP contribution in [0.25, 0.3) is 22.3 Å². The first-order valence-corrected chi connectivity index (χ1v) is 10.2. The van der Waals surface area contributed by atoms with Crippen LogP contribution in [0.3, 0.4) is 0 Å². The molecule has 0 fully saturated rings. The van der Waals surface area contributed by atoms with E-state index in [0.717, 1.165) is 14.7 Å². The normalized spacial score (nSPS) is 11.1. The Bertz CT molecular complexity index is 1330. The zero-order chi connectivity index (χ0) is 21.1. The Balaban J connectivity index is 1.82. The summed E-state index contributed by atoms with van der Waals surface area (Å²) in [5.41, 5.74) is 1.92. The third-order valence-electron chi connectivity index (χ3n) is 4.32. The highest BCUT2D eigenvalue weighted by molar-refractivity contribution is 14.1. The Morgan fingerprint density at radius 3 is 2.53 bits per heavy atom. The summed E-state index contributed by atoms with van der Waals surface area (Å²) in [6.45, 7) is 1.36. The lowest BCUT2D eigenvalue weighted by molar-refractivity contribution is -0.131. The van der Waals surface area contributed by atoms with Gasteiger partial charge in [-0.1, -0.05) is 42.5 Å². The average molecular weight is 509 g/mol. The van der Waals surface area contributed by atoms with Crippen molar-refractivity contribution in [2.45, 2.75) is 6.92 Å². The van der Waals surface area contributed by atoms with Crippen LogP contribution in [0.15, 0.2) is 82.7 Å². The molecule has 0 N–H and O–H groups in total. The van der Waals surface area contributed by atoms with Crippen LogP contribution in [0, 0.1) is 3.57 Å². The van der Waals surface area contributed by atoms with E-state index in [-0.39, 0.29) is 11.5 Å². The van der Waals surface area contributed by atoms with E-state index in [1.165, 1.54) is 11.6 Å². The van der Waals surface area contributed by atoms with Crippen molar-refractivity contribution in [3.63, 3.8) is 0 Å². The molecule has 148 valence electrons. The molecule has 0 aliphatic heterocycles. The van der Waals surface area contributed by atoms with Crippen LogP contribution in [-0.4, -0.2) is 21.8 Å². The van der Waals surface area contributed by atoms with Crippen molar-refractivity contribution in [1.29, 1.82) is 0 Å². The molecule has 1 heterocycles. The van der Waals surface area contributed by atoms with Gasteiger partial charge in [0, 0.05) is 12.5 Å². The lowest BCUT2D eigenvalue weighted by Crippen LogP contribution is -2.20. The average Bonchev–Trinajstić information content (AvgIpc) is 2.75. The fourth-order valence-corrected chi connectivity index (χ4v) is 3.61. The van der Waals surface area contributed by atoms with Gasteiger partial charge in [0.1, 0.15) is 5.75 Å². The minimum Gasteiger partial charge on any atom is -0.426 e. The van der Waals surface area contributed by atoms with Crippen molar-refractivity contribution in [2.75, 3.05) is 0 Å². The van der Waals surface area contributed by atoms with E-state index < -0.39 is 0 Å². The third-order valence-corrected chi connectivity index (χ3v) is 5.16. The largest absolute Gasteiger partial charge is 0.426 e. The molecule has 30 heavy (non-hydrogen) atoms. The third kappa shape index (κ3) is 4.16. The maximum atomic E-state index is 13.1. The minimum absolute atomic E-state index is 0.248. The quantitative estimate of drug-likeness (QED) is 0.176. The first-order chi connectivity index (χ1) is 14.5. The highest BCUT2D eigenvalue weighted by atomic mass is 127. The second kappa shape index (κ2) is 8.58. The molecule has 6 nitrogen and oxygen atoms in total. The van der Waals surface area contributed by atoms with Gasteiger partial charge in [-0.2, -0.15) is 9.78 Å². The van der Waals surface area contributed by atoms with Gasteiger partial charge >= 0.3 is 5.97 Å². The van der Waals surface area contributed by atoms with Gasteiger partial charge in [0.2, 0.25) is 0 Å². The fourth-order valence-electron chi connectivity index (χ4n) is 2.96. The van der Waals surface area contributed by atoms with E-state index in [1.807, 2.05) is 48.5 Å². The van der Waals surface area contributed by atoms with E-state index >= 15 is 0 Å². The van der Waals surface area contributed by atoms with Crippen molar-refractivity contribution < 1.29 is 9.53 Å². The molecule has 3 aromatic carbocycles. The van der Waals surface area contributed by atoms with E-state index in [1.54, 1.807) is 30.5 Å². The molecule has 0 atom stereocenters. The number of carbonyl (C=O) groups is 1. The molecule has 4 rings (SSSR count). The van der Waals surface area contributed by atoms with E-state index in [9.17, 15) is 9.59 Å². The molecule has 0 radical (unpaired) electrons. The maximum Gasteiger partial charge on any atom is 0.308 e. The Morgan fingerprint density at radius 2 is 1.80 bits per heavy atom. The van der Waals surface area contributed by atoms with Gasteiger partial charge in [-0.25, -0.2) is 4.98 Å². The van der Waals surface area contributed by atoms with Crippen LogP contribution in [0.4, 0.5) is 0 Å². The predicted molar refractivity (Wildman–Crippen MR) is 125 cm³/mol. The van der Waals surface area contributed by atoms with Crippen molar-refractivity contribution in [3.05, 3.63) is 92.3 Å². The number of aromatic nitrogens is 2. The van der Waals surface area contributed by atoms with Gasteiger partial charge in [-0.05, 0) is 58.5 Å². The SMILES string of the molecule is CC(=O)Oc1ccc(C=Nn2c(-c3ccccc3)nc3ccccc3c2=O)cc1I. The molecule has 0 saturated heterocycles. The number of hydrogen-bond donors (Lipinski definition) is 0. The van der Waals surface area contributed by atoms with Crippen LogP contribution in [-0.2, 0) is 4.79 Å². The molecule has 0 unspecified atom stereocenters. The van der Waals surface area contributed by atoms with Crippen LogP contribution in [0.1, 0.15) is 12.5 Å². The highest BCUT2D eigenvalue weighted by Gasteiger charge is 2.12. The molecule has 0 amide bonds. The second-order valence-corrected chi connectivity index (χ2v) is 7.63. The number of para-hydroxylation sites is 1. The Labute approximate surface area is 186 Å². The molecule has 0 saturated carbocycles. The molecule has 0 aliphatic carbocycles. The Hall–Kier alpha value is -3.33. The van der Waals surface area contributed by atoms with Gasteiger partial charge in [0.05, 0.1) is 20.7 Å². The summed E-state index contributed by atoms with van der Waals surface area (Å²) in [6.07, 6.45) is 1.59. The van der Waals surface area contributed by atoms with Crippen LogP contribution < -0.4 is 10.3 Å². The first kappa shape index (κ1) is 20.0. The number of carbonyl (C=O) groups excluding carboxylic acids is 1. The summed E-state index contributed by atoms with van der Waals surface area (Å²) < 4.78 is 7.22. The monoisotopic (exact) mass is 509 g/mol. The topological polar surface area (TPSA) is 73.5 Å². The van der Waals surface area contributed by atoms with Crippen molar-refractivity contribution >= 4 is 45.7 Å². The number of nitrogens with zero attached hydrogens (tertiary/aromatic N) is 3. The number of fused-ring (bicyclic) bond motifs is 1. The van der Waals surface area contributed by atoms with Crippen LogP contribution >= 0.6 is 22.6 Å². The summed E-state index contributed by atoms with van der Waals surface area (Å²) in [5, 5.41) is 4.93. The zero-order valence-corrected chi connectivity index (χ0v) is 18.1. The van der Waals surface area contributed by atoms with Crippen molar-refractivity contribution in [2.24, 2.45) is 5.10 Å². The van der Waals surface area contributed by atoms with E-state index in [4.69, 9.17) is 4.74 Å². The number of esters is 1. The number of benzene rings is 3. The Kier molecular flexibility index (Phi) is 5.71. The van der Waals surface area contributed by atoms with Crippen molar-refractivity contribution in [1.82, 2.24) is 9.66 Å². The Morgan fingerprint density at radius 1 is 1.07 bits per heavy atom. The van der Waals surface area contributed by atoms with Gasteiger partial charge in [0.15, 0.2) is 5.82 Å². The molecule has 0 spiro atoms. The van der Waals surface area contributed by atoms with E-state index in [2.05, 4.69) is 32.7 Å². The lowest BCUT2D eigenvalue weighted by atomic mass is 10.2. The molecular weight excluding hydrogens is 493 g/mol. The number of hydrogen-bond acceptors (Lipinski definition) is 5. The predicted octanol–water partition coefficient (Wildman–Crippen LogP) is 4.48. The molecule has 0 aliphatic rings. The fraction of sp³-hybridized carbons (Fsp3) is 0.0435. The molecule has 1 aromatic heterocycles. The highest BCUT2D eigenvalue weighted by Crippen LogP contribution is 2.22. The second-order valence-electron chi connectivity index (χ2n) is 6.46. The van der Waals surface area contributed by atoms with E-state index in [0.29, 0.717) is 22.5 Å². The molecule has 7 heteroatoms. The lowest BCUT2D eigenvalue weighted by Gasteiger charge is -2.09. The van der Waals surface area contributed by atoms with Crippen LogP contribution in [0.5, 0.6) is 5.75 Å².